The van der Waals surface area contributed by atoms with Crippen molar-refractivity contribution in [3.05, 3.63) is 65.2 Å². The first-order chi connectivity index (χ1) is 10.7. The molecule has 0 radical (unpaired) electrons. The summed E-state index contributed by atoms with van der Waals surface area (Å²) in [6.45, 7) is 5.15. The molecule has 2 rings (SSSR count). The Morgan fingerprint density at radius 2 is 1.95 bits per heavy atom. The summed E-state index contributed by atoms with van der Waals surface area (Å²) in [5, 5.41) is 2.96. The molecule has 0 saturated heterocycles. The molecule has 0 unspecified atom stereocenters. The topological polar surface area (TPSA) is 38.3 Å². The van der Waals surface area contributed by atoms with E-state index < -0.39 is 0 Å². The van der Waals surface area contributed by atoms with E-state index in [0.29, 0.717) is 19.6 Å². The summed E-state index contributed by atoms with van der Waals surface area (Å²) < 4.78 is 5.56. The number of carbonyl (C=O) groups is 1. The molecule has 3 heteroatoms. The molecule has 0 heterocycles. The highest BCUT2D eigenvalue weighted by atomic mass is 16.5. The van der Waals surface area contributed by atoms with Gasteiger partial charge in [0.1, 0.15) is 5.75 Å². The third-order valence-electron chi connectivity index (χ3n) is 3.47. The lowest BCUT2D eigenvalue weighted by molar-refractivity contribution is -0.121. The number of aryl methyl sites for hydroxylation is 2. The van der Waals surface area contributed by atoms with Crippen molar-refractivity contribution >= 4 is 5.91 Å². The van der Waals surface area contributed by atoms with Crippen molar-refractivity contribution in [3.63, 3.8) is 0 Å². The van der Waals surface area contributed by atoms with E-state index in [-0.39, 0.29) is 5.91 Å². The molecule has 116 valence electrons. The monoisotopic (exact) mass is 297 g/mol. The van der Waals surface area contributed by atoms with Crippen LogP contribution in [0, 0.1) is 6.92 Å². The molecule has 0 aliphatic heterocycles. The van der Waals surface area contributed by atoms with Gasteiger partial charge in [-0.05, 0) is 31.9 Å². The summed E-state index contributed by atoms with van der Waals surface area (Å²) in [4.78, 5) is 12.0. The first kappa shape index (κ1) is 16.1. The summed E-state index contributed by atoms with van der Waals surface area (Å²) in [6, 6.07) is 16.1. The molecular formula is C19H23NO2. The van der Waals surface area contributed by atoms with Crippen molar-refractivity contribution in [2.24, 2.45) is 0 Å². The lowest BCUT2D eigenvalue weighted by Crippen LogP contribution is -2.23. The van der Waals surface area contributed by atoms with Gasteiger partial charge in [0, 0.05) is 18.5 Å². The summed E-state index contributed by atoms with van der Waals surface area (Å²) >= 11 is 0. The van der Waals surface area contributed by atoms with Crippen molar-refractivity contribution in [2.75, 3.05) is 6.61 Å². The normalized spacial score (nSPS) is 10.3. The Morgan fingerprint density at radius 3 is 2.73 bits per heavy atom. The van der Waals surface area contributed by atoms with Gasteiger partial charge in [-0.2, -0.15) is 0 Å². The molecule has 0 saturated carbocycles. The number of amides is 1. The minimum Gasteiger partial charge on any atom is -0.494 e. The molecule has 2 aromatic rings. The maximum atomic E-state index is 12.0. The third kappa shape index (κ3) is 4.92. The zero-order chi connectivity index (χ0) is 15.8. The number of carbonyl (C=O) groups excluding carboxylic acids is 1. The minimum absolute atomic E-state index is 0.0628. The Morgan fingerprint density at radius 1 is 1.14 bits per heavy atom. The van der Waals surface area contributed by atoms with E-state index in [4.69, 9.17) is 4.74 Å². The largest absolute Gasteiger partial charge is 0.494 e. The molecule has 3 nitrogen and oxygen atoms in total. The number of para-hydroxylation sites is 1. The maximum absolute atomic E-state index is 12.0. The van der Waals surface area contributed by atoms with Crippen LogP contribution in [0.5, 0.6) is 5.75 Å². The number of hydrogen-bond donors (Lipinski definition) is 1. The van der Waals surface area contributed by atoms with Gasteiger partial charge < -0.3 is 10.1 Å². The average molecular weight is 297 g/mol. The maximum Gasteiger partial charge on any atom is 0.220 e. The first-order valence-electron chi connectivity index (χ1n) is 7.72. The highest BCUT2D eigenvalue weighted by Gasteiger charge is 2.06. The van der Waals surface area contributed by atoms with Gasteiger partial charge in [0.15, 0.2) is 0 Å². The number of nitrogens with one attached hydrogen (secondary N) is 1. The fourth-order valence-corrected chi connectivity index (χ4v) is 2.35. The first-order valence-corrected chi connectivity index (χ1v) is 7.72. The molecule has 2 aromatic carbocycles. The molecular weight excluding hydrogens is 274 g/mol. The average Bonchev–Trinajstić information content (AvgIpc) is 2.52. The van der Waals surface area contributed by atoms with Crippen molar-refractivity contribution in [2.45, 2.75) is 33.2 Å². The van der Waals surface area contributed by atoms with E-state index in [1.54, 1.807) is 0 Å². The van der Waals surface area contributed by atoms with E-state index in [9.17, 15) is 4.79 Å². The van der Waals surface area contributed by atoms with Crippen LogP contribution in [0.3, 0.4) is 0 Å². The van der Waals surface area contributed by atoms with Crippen LogP contribution in [0.15, 0.2) is 48.5 Å². The van der Waals surface area contributed by atoms with Crippen molar-refractivity contribution in [3.8, 4) is 5.75 Å². The summed E-state index contributed by atoms with van der Waals surface area (Å²) in [5.41, 5.74) is 3.43. The Balaban J connectivity index is 1.83. The molecule has 1 amide bonds. The molecule has 0 bridgehead atoms. The Hall–Kier alpha value is -2.29. The minimum atomic E-state index is 0.0628. The number of benzene rings is 2. The van der Waals surface area contributed by atoms with Crippen LogP contribution in [0.1, 0.15) is 30.0 Å². The number of ether oxygens (including phenoxy) is 1. The van der Waals surface area contributed by atoms with Crippen molar-refractivity contribution in [1.82, 2.24) is 5.32 Å². The molecule has 22 heavy (non-hydrogen) atoms. The van der Waals surface area contributed by atoms with Gasteiger partial charge in [-0.1, -0.05) is 48.0 Å². The molecule has 0 fully saturated rings. The highest BCUT2D eigenvalue weighted by Crippen LogP contribution is 2.17. The molecule has 0 aliphatic carbocycles. The van der Waals surface area contributed by atoms with Crippen LogP contribution in [0.4, 0.5) is 0 Å². The lowest BCUT2D eigenvalue weighted by Gasteiger charge is -2.11. The Kier molecular flexibility index (Phi) is 6.01. The van der Waals surface area contributed by atoms with E-state index in [2.05, 4.69) is 30.4 Å². The van der Waals surface area contributed by atoms with Crippen LogP contribution < -0.4 is 10.1 Å². The fraction of sp³-hybridized carbons (Fsp3) is 0.316. The Labute approximate surface area is 132 Å². The highest BCUT2D eigenvalue weighted by molar-refractivity contribution is 5.76. The van der Waals surface area contributed by atoms with Crippen molar-refractivity contribution in [1.29, 1.82) is 0 Å². The van der Waals surface area contributed by atoms with E-state index in [1.807, 2.05) is 37.3 Å². The third-order valence-corrected chi connectivity index (χ3v) is 3.47. The standard InChI is InChI=1S/C19H23NO2/c1-3-22-18-10-5-4-9-17(18)14-20-19(21)12-11-16-8-6-7-15(2)13-16/h4-10,13H,3,11-12,14H2,1-2H3,(H,20,21). The molecule has 0 aromatic heterocycles. The zero-order valence-electron chi connectivity index (χ0n) is 13.3. The second-order valence-corrected chi connectivity index (χ2v) is 5.31. The SMILES string of the molecule is CCOc1ccccc1CNC(=O)CCc1cccc(C)c1. The van der Waals surface area contributed by atoms with E-state index in [1.165, 1.54) is 11.1 Å². The predicted octanol–water partition coefficient (Wildman–Crippen LogP) is 3.64. The van der Waals surface area contributed by atoms with Gasteiger partial charge in [0.25, 0.3) is 0 Å². The van der Waals surface area contributed by atoms with Gasteiger partial charge in [-0.3, -0.25) is 4.79 Å². The number of rotatable bonds is 7. The van der Waals surface area contributed by atoms with Gasteiger partial charge in [-0.15, -0.1) is 0 Å². The van der Waals surface area contributed by atoms with Crippen LogP contribution in [-0.2, 0) is 17.8 Å². The second-order valence-electron chi connectivity index (χ2n) is 5.31. The fourth-order valence-electron chi connectivity index (χ4n) is 2.35. The van der Waals surface area contributed by atoms with Gasteiger partial charge in [0.2, 0.25) is 5.91 Å². The van der Waals surface area contributed by atoms with Crippen LogP contribution in [-0.4, -0.2) is 12.5 Å². The zero-order valence-corrected chi connectivity index (χ0v) is 13.3. The molecule has 0 aliphatic rings. The van der Waals surface area contributed by atoms with Gasteiger partial charge in [0.05, 0.1) is 6.61 Å². The smallest absolute Gasteiger partial charge is 0.220 e. The Bertz CT molecular complexity index is 622. The van der Waals surface area contributed by atoms with Crippen LogP contribution in [0.25, 0.3) is 0 Å². The van der Waals surface area contributed by atoms with Crippen LogP contribution in [0.2, 0.25) is 0 Å². The quantitative estimate of drug-likeness (QED) is 0.847. The number of hydrogen-bond acceptors (Lipinski definition) is 2. The lowest BCUT2D eigenvalue weighted by atomic mass is 10.1. The van der Waals surface area contributed by atoms with Crippen LogP contribution >= 0.6 is 0 Å². The van der Waals surface area contributed by atoms with Crippen molar-refractivity contribution < 1.29 is 9.53 Å². The predicted molar refractivity (Wildman–Crippen MR) is 89.0 cm³/mol. The molecule has 0 atom stereocenters. The molecule has 1 N–H and O–H groups in total. The van der Waals surface area contributed by atoms with Gasteiger partial charge in [-0.25, -0.2) is 0 Å². The second kappa shape index (κ2) is 8.23. The van der Waals surface area contributed by atoms with E-state index in [0.717, 1.165) is 17.7 Å². The summed E-state index contributed by atoms with van der Waals surface area (Å²) in [6.07, 6.45) is 1.26. The summed E-state index contributed by atoms with van der Waals surface area (Å²) in [5.74, 6) is 0.900. The summed E-state index contributed by atoms with van der Waals surface area (Å²) in [7, 11) is 0. The van der Waals surface area contributed by atoms with Gasteiger partial charge >= 0.3 is 0 Å². The molecule has 0 spiro atoms. The van der Waals surface area contributed by atoms with E-state index >= 15 is 0 Å².